The third-order valence-electron chi connectivity index (χ3n) is 4.67. The number of benzene rings is 1. The van der Waals surface area contributed by atoms with E-state index in [0.717, 1.165) is 19.3 Å². The molecule has 1 aromatic rings. The summed E-state index contributed by atoms with van der Waals surface area (Å²) in [4.78, 5) is 28.2. The monoisotopic (exact) mass is 338 g/mol. The van der Waals surface area contributed by atoms with Crippen LogP contribution in [-0.4, -0.2) is 54.4 Å². The highest BCUT2D eigenvalue weighted by molar-refractivity contribution is 5.97. The van der Waals surface area contributed by atoms with Gasteiger partial charge in [-0.1, -0.05) is 18.6 Å². The molecule has 0 aromatic heterocycles. The first-order valence-electron chi connectivity index (χ1n) is 8.18. The molecule has 1 aliphatic heterocycles. The van der Waals surface area contributed by atoms with Crippen LogP contribution in [0.3, 0.4) is 0 Å². The molecule has 0 bridgehead atoms. The maximum Gasteiger partial charge on any atom is 0.387 e. The van der Waals surface area contributed by atoms with Gasteiger partial charge in [0.25, 0.3) is 5.91 Å². The Balaban J connectivity index is 1.62. The number of piperazine rings is 1. The molecule has 2 fully saturated rings. The number of rotatable bonds is 4. The third kappa shape index (κ3) is 3.49. The number of hydrogen-bond acceptors (Lipinski definition) is 3. The van der Waals surface area contributed by atoms with Gasteiger partial charge < -0.3 is 14.5 Å². The first kappa shape index (κ1) is 16.7. The van der Waals surface area contributed by atoms with E-state index < -0.39 is 6.61 Å². The van der Waals surface area contributed by atoms with Gasteiger partial charge in [-0.05, 0) is 25.0 Å². The minimum absolute atomic E-state index is 0.120. The zero-order valence-electron chi connectivity index (χ0n) is 13.3. The van der Waals surface area contributed by atoms with Crippen molar-refractivity contribution < 1.29 is 23.1 Å². The summed E-state index contributed by atoms with van der Waals surface area (Å²) in [7, 11) is 0. The van der Waals surface area contributed by atoms with Crippen molar-refractivity contribution >= 4 is 11.8 Å². The van der Waals surface area contributed by atoms with Crippen LogP contribution in [0.5, 0.6) is 5.75 Å². The molecule has 2 aliphatic rings. The second-order valence-corrected chi connectivity index (χ2v) is 6.12. The number of para-hydroxylation sites is 1. The summed E-state index contributed by atoms with van der Waals surface area (Å²) in [5.74, 6) is -0.144. The van der Waals surface area contributed by atoms with E-state index in [1.54, 1.807) is 21.9 Å². The van der Waals surface area contributed by atoms with Crippen molar-refractivity contribution in [3.05, 3.63) is 29.8 Å². The van der Waals surface area contributed by atoms with Gasteiger partial charge in [-0.3, -0.25) is 9.59 Å². The first-order chi connectivity index (χ1) is 11.6. The van der Waals surface area contributed by atoms with E-state index in [1.165, 1.54) is 12.1 Å². The van der Waals surface area contributed by atoms with Gasteiger partial charge in [0.2, 0.25) is 5.91 Å². The second kappa shape index (κ2) is 7.15. The van der Waals surface area contributed by atoms with Gasteiger partial charge in [-0.2, -0.15) is 8.78 Å². The van der Waals surface area contributed by atoms with Crippen LogP contribution in [0.1, 0.15) is 29.6 Å². The van der Waals surface area contributed by atoms with Crippen LogP contribution >= 0.6 is 0 Å². The molecule has 1 heterocycles. The van der Waals surface area contributed by atoms with Gasteiger partial charge in [0.05, 0.1) is 5.56 Å². The van der Waals surface area contributed by atoms with E-state index in [1.807, 2.05) is 0 Å². The van der Waals surface area contributed by atoms with Gasteiger partial charge in [-0.15, -0.1) is 0 Å². The molecule has 24 heavy (non-hydrogen) atoms. The predicted octanol–water partition coefficient (Wildman–Crippen LogP) is 2.37. The Bertz CT molecular complexity index is 612. The molecule has 1 saturated carbocycles. The lowest BCUT2D eigenvalue weighted by atomic mass is 9.84. The molecular formula is C17H20F2N2O3. The highest BCUT2D eigenvalue weighted by atomic mass is 19.3. The standard InChI is InChI=1S/C17H20F2N2O3/c18-17(19)24-14-7-2-1-6-13(14)16(23)21-10-8-20(9-11-21)15(22)12-4-3-5-12/h1-2,6-7,12,17H,3-5,8-11H2. The third-order valence-corrected chi connectivity index (χ3v) is 4.67. The molecule has 1 saturated heterocycles. The maximum absolute atomic E-state index is 12.6. The molecule has 0 radical (unpaired) electrons. The fourth-order valence-corrected chi connectivity index (χ4v) is 3.06. The van der Waals surface area contributed by atoms with Gasteiger partial charge in [0, 0.05) is 32.1 Å². The maximum atomic E-state index is 12.6. The highest BCUT2D eigenvalue weighted by Gasteiger charge is 2.32. The molecule has 1 aromatic carbocycles. The normalized spacial score (nSPS) is 18.5. The lowest BCUT2D eigenvalue weighted by Crippen LogP contribution is -2.52. The Hall–Kier alpha value is -2.18. The summed E-state index contributed by atoms with van der Waals surface area (Å²) < 4.78 is 29.4. The van der Waals surface area contributed by atoms with E-state index >= 15 is 0 Å². The van der Waals surface area contributed by atoms with E-state index in [-0.39, 0.29) is 29.0 Å². The van der Waals surface area contributed by atoms with Gasteiger partial charge >= 0.3 is 6.61 Å². The van der Waals surface area contributed by atoms with Crippen LogP contribution in [0.25, 0.3) is 0 Å². The Labute approximate surface area is 139 Å². The lowest BCUT2D eigenvalue weighted by Gasteiger charge is -2.38. The largest absolute Gasteiger partial charge is 0.434 e. The average Bonchev–Trinajstić information content (AvgIpc) is 2.53. The zero-order chi connectivity index (χ0) is 17.1. The van der Waals surface area contributed by atoms with Crippen molar-refractivity contribution in [2.24, 2.45) is 5.92 Å². The minimum atomic E-state index is -2.98. The number of amides is 2. The Morgan fingerprint density at radius 1 is 1.04 bits per heavy atom. The summed E-state index contributed by atoms with van der Waals surface area (Å²) in [6, 6.07) is 5.99. The number of ether oxygens (including phenoxy) is 1. The number of halogens is 2. The van der Waals surface area contributed by atoms with E-state index in [2.05, 4.69) is 4.74 Å². The molecule has 0 spiro atoms. The van der Waals surface area contributed by atoms with Crippen LogP contribution in [0, 0.1) is 5.92 Å². The van der Waals surface area contributed by atoms with Crippen LogP contribution in [0.2, 0.25) is 0 Å². The number of carbonyl (C=O) groups excluding carboxylic acids is 2. The molecule has 3 rings (SSSR count). The fourth-order valence-electron chi connectivity index (χ4n) is 3.06. The van der Waals surface area contributed by atoms with Gasteiger partial charge in [0.15, 0.2) is 0 Å². The smallest absolute Gasteiger partial charge is 0.387 e. The summed E-state index contributed by atoms with van der Waals surface area (Å²) >= 11 is 0. The molecule has 0 N–H and O–H groups in total. The molecule has 130 valence electrons. The lowest BCUT2D eigenvalue weighted by molar-refractivity contribution is -0.139. The average molecular weight is 338 g/mol. The van der Waals surface area contributed by atoms with E-state index in [4.69, 9.17) is 0 Å². The Morgan fingerprint density at radius 2 is 1.67 bits per heavy atom. The van der Waals surface area contributed by atoms with Crippen LogP contribution in [0.15, 0.2) is 24.3 Å². The van der Waals surface area contributed by atoms with Crippen molar-refractivity contribution in [2.45, 2.75) is 25.9 Å². The minimum Gasteiger partial charge on any atom is -0.434 e. The van der Waals surface area contributed by atoms with E-state index in [0.29, 0.717) is 26.2 Å². The van der Waals surface area contributed by atoms with Gasteiger partial charge in [0.1, 0.15) is 5.75 Å². The van der Waals surface area contributed by atoms with Crippen molar-refractivity contribution in [1.29, 1.82) is 0 Å². The molecule has 1 aliphatic carbocycles. The summed E-state index contributed by atoms with van der Waals surface area (Å²) in [5.41, 5.74) is 0.122. The quantitative estimate of drug-likeness (QED) is 0.847. The fraction of sp³-hybridized carbons (Fsp3) is 0.529. The molecule has 0 atom stereocenters. The second-order valence-electron chi connectivity index (χ2n) is 6.12. The van der Waals surface area contributed by atoms with Crippen molar-refractivity contribution in [3.63, 3.8) is 0 Å². The first-order valence-corrected chi connectivity index (χ1v) is 8.18. The van der Waals surface area contributed by atoms with E-state index in [9.17, 15) is 18.4 Å². The Kier molecular flexibility index (Phi) is 4.97. The number of carbonyl (C=O) groups is 2. The summed E-state index contributed by atoms with van der Waals surface area (Å²) in [6.07, 6.45) is 3.02. The van der Waals surface area contributed by atoms with Crippen molar-refractivity contribution in [1.82, 2.24) is 9.80 Å². The van der Waals surface area contributed by atoms with Crippen LogP contribution in [-0.2, 0) is 4.79 Å². The van der Waals surface area contributed by atoms with Crippen molar-refractivity contribution in [2.75, 3.05) is 26.2 Å². The molecular weight excluding hydrogens is 318 g/mol. The summed E-state index contributed by atoms with van der Waals surface area (Å²) in [6.45, 7) is -1.20. The van der Waals surface area contributed by atoms with Crippen LogP contribution in [0.4, 0.5) is 8.78 Å². The van der Waals surface area contributed by atoms with Crippen molar-refractivity contribution in [3.8, 4) is 5.75 Å². The van der Waals surface area contributed by atoms with Gasteiger partial charge in [-0.25, -0.2) is 0 Å². The molecule has 5 nitrogen and oxygen atoms in total. The number of hydrogen-bond donors (Lipinski definition) is 0. The highest BCUT2D eigenvalue weighted by Crippen LogP contribution is 2.29. The summed E-state index contributed by atoms with van der Waals surface area (Å²) in [5, 5.41) is 0. The topological polar surface area (TPSA) is 49.9 Å². The Morgan fingerprint density at radius 3 is 2.25 bits per heavy atom. The number of alkyl halides is 2. The molecule has 7 heteroatoms. The SMILES string of the molecule is O=C(c1ccccc1OC(F)F)N1CCN(C(=O)C2CCC2)CC1. The molecule has 0 unspecified atom stereocenters. The number of nitrogens with zero attached hydrogens (tertiary/aromatic N) is 2. The predicted molar refractivity (Wildman–Crippen MR) is 82.9 cm³/mol. The van der Waals surface area contributed by atoms with Crippen LogP contribution < -0.4 is 4.74 Å². The zero-order valence-corrected chi connectivity index (χ0v) is 13.3. The molecule has 2 amide bonds.